The molecular weight excluding hydrogens is 228 g/mol. The third-order valence-electron chi connectivity index (χ3n) is 2.54. The molecule has 1 aromatic rings. The molecule has 1 aromatic carbocycles. The molecule has 3 heteroatoms. The van der Waals surface area contributed by atoms with Crippen molar-refractivity contribution in [3.05, 3.63) is 28.2 Å². The van der Waals surface area contributed by atoms with Gasteiger partial charge < -0.3 is 11.5 Å². The van der Waals surface area contributed by atoms with E-state index in [0.717, 1.165) is 15.7 Å². The van der Waals surface area contributed by atoms with E-state index in [1.54, 1.807) is 0 Å². The second-order valence-corrected chi connectivity index (χ2v) is 4.55. The van der Waals surface area contributed by atoms with Gasteiger partial charge in [-0.1, -0.05) is 15.9 Å². The van der Waals surface area contributed by atoms with Crippen molar-refractivity contribution < 1.29 is 0 Å². The summed E-state index contributed by atoms with van der Waals surface area (Å²) < 4.78 is 1.05. The Hall–Kier alpha value is -0.540. The highest BCUT2D eigenvalue weighted by atomic mass is 79.9. The third-order valence-corrected chi connectivity index (χ3v) is 3.03. The van der Waals surface area contributed by atoms with Crippen molar-refractivity contribution in [2.75, 3.05) is 5.73 Å². The summed E-state index contributed by atoms with van der Waals surface area (Å²) in [4.78, 5) is 0. The Balaban J connectivity index is 2.31. The van der Waals surface area contributed by atoms with E-state index in [2.05, 4.69) is 15.9 Å². The van der Waals surface area contributed by atoms with E-state index in [-0.39, 0.29) is 6.04 Å². The van der Waals surface area contributed by atoms with Crippen LogP contribution in [-0.4, -0.2) is 0 Å². The van der Waals surface area contributed by atoms with Crippen LogP contribution < -0.4 is 11.5 Å². The van der Waals surface area contributed by atoms with Gasteiger partial charge in [0.1, 0.15) is 0 Å². The molecule has 0 amide bonds. The maximum atomic E-state index is 6.07. The molecule has 2 rings (SSSR count). The monoisotopic (exact) mass is 240 g/mol. The van der Waals surface area contributed by atoms with E-state index in [0.29, 0.717) is 5.92 Å². The number of benzene rings is 1. The average molecular weight is 241 g/mol. The highest BCUT2D eigenvalue weighted by Crippen LogP contribution is 2.41. The van der Waals surface area contributed by atoms with E-state index >= 15 is 0 Å². The molecule has 0 unspecified atom stereocenters. The van der Waals surface area contributed by atoms with Gasteiger partial charge in [-0.05, 0) is 42.5 Å². The van der Waals surface area contributed by atoms with Crippen LogP contribution in [0.1, 0.15) is 24.4 Å². The summed E-state index contributed by atoms with van der Waals surface area (Å²) in [5.74, 6) is 0.650. The Morgan fingerprint density at radius 2 is 2.08 bits per heavy atom. The lowest BCUT2D eigenvalue weighted by atomic mass is 10.0. The van der Waals surface area contributed by atoms with Gasteiger partial charge in [0.2, 0.25) is 0 Å². The highest BCUT2D eigenvalue weighted by Gasteiger charge is 2.30. The highest BCUT2D eigenvalue weighted by molar-refractivity contribution is 9.10. The topological polar surface area (TPSA) is 52.0 Å². The maximum absolute atomic E-state index is 6.07. The normalized spacial score (nSPS) is 18.6. The first-order valence-electron chi connectivity index (χ1n) is 4.49. The summed E-state index contributed by atoms with van der Waals surface area (Å²) in [5, 5.41) is 0. The maximum Gasteiger partial charge on any atom is 0.0363 e. The van der Waals surface area contributed by atoms with Gasteiger partial charge in [-0.2, -0.15) is 0 Å². The molecule has 70 valence electrons. The van der Waals surface area contributed by atoms with E-state index in [1.807, 2.05) is 18.2 Å². The first kappa shape index (κ1) is 9.03. The average Bonchev–Trinajstić information content (AvgIpc) is 2.91. The van der Waals surface area contributed by atoms with Crippen LogP contribution in [0.2, 0.25) is 0 Å². The quantitative estimate of drug-likeness (QED) is 0.781. The molecule has 0 bridgehead atoms. The van der Waals surface area contributed by atoms with Gasteiger partial charge in [-0.15, -0.1) is 0 Å². The van der Waals surface area contributed by atoms with Gasteiger partial charge in [0, 0.05) is 16.2 Å². The van der Waals surface area contributed by atoms with Crippen LogP contribution >= 0.6 is 15.9 Å². The Bertz CT molecular complexity index is 321. The SMILES string of the molecule is Nc1ccc(Br)cc1[C@H](N)C1CC1. The van der Waals surface area contributed by atoms with Gasteiger partial charge in [0.25, 0.3) is 0 Å². The zero-order chi connectivity index (χ0) is 9.42. The Labute approximate surface area is 86.4 Å². The van der Waals surface area contributed by atoms with E-state index in [1.165, 1.54) is 12.8 Å². The summed E-state index contributed by atoms with van der Waals surface area (Å²) in [5.41, 5.74) is 13.8. The van der Waals surface area contributed by atoms with Crippen molar-refractivity contribution in [3.8, 4) is 0 Å². The molecule has 1 atom stereocenters. The van der Waals surface area contributed by atoms with Gasteiger partial charge in [-0.3, -0.25) is 0 Å². The van der Waals surface area contributed by atoms with Crippen LogP contribution in [0.15, 0.2) is 22.7 Å². The van der Waals surface area contributed by atoms with Gasteiger partial charge in [0.05, 0.1) is 0 Å². The van der Waals surface area contributed by atoms with Crippen LogP contribution in [0.25, 0.3) is 0 Å². The molecule has 0 spiro atoms. The molecule has 2 nitrogen and oxygen atoms in total. The minimum atomic E-state index is 0.123. The van der Waals surface area contributed by atoms with E-state index in [9.17, 15) is 0 Å². The second kappa shape index (κ2) is 3.31. The number of nitrogen functional groups attached to an aromatic ring is 1. The zero-order valence-electron chi connectivity index (χ0n) is 7.33. The van der Waals surface area contributed by atoms with Crippen molar-refractivity contribution in [1.29, 1.82) is 0 Å². The van der Waals surface area contributed by atoms with Crippen molar-refractivity contribution in [2.24, 2.45) is 11.7 Å². The standard InChI is InChI=1S/C10H13BrN2/c11-7-3-4-9(12)8(5-7)10(13)6-1-2-6/h3-6,10H,1-2,12-13H2/t10-/m1/s1. The largest absolute Gasteiger partial charge is 0.398 e. The van der Waals surface area contributed by atoms with Crippen molar-refractivity contribution in [1.82, 2.24) is 0 Å². The predicted octanol–water partition coefficient (Wildman–Crippen LogP) is 2.44. The fourth-order valence-corrected chi connectivity index (χ4v) is 1.92. The fourth-order valence-electron chi connectivity index (χ4n) is 1.54. The number of nitrogens with two attached hydrogens (primary N) is 2. The summed E-state index contributed by atoms with van der Waals surface area (Å²) >= 11 is 3.42. The van der Waals surface area contributed by atoms with Crippen LogP contribution in [0, 0.1) is 5.92 Å². The third kappa shape index (κ3) is 1.86. The molecule has 1 saturated carbocycles. The summed E-state index contributed by atoms with van der Waals surface area (Å²) in [6.45, 7) is 0. The predicted molar refractivity (Wildman–Crippen MR) is 58.2 cm³/mol. The molecule has 1 aliphatic rings. The molecule has 4 N–H and O–H groups in total. The smallest absolute Gasteiger partial charge is 0.0363 e. The van der Waals surface area contributed by atoms with Crippen LogP contribution in [0.5, 0.6) is 0 Å². The molecular formula is C10H13BrN2. The number of hydrogen-bond donors (Lipinski definition) is 2. The minimum Gasteiger partial charge on any atom is -0.398 e. The lowest BCUT2D eigenvalue weighted by Gasteiger charge is -2.13. The Morgan fingerprint density at radius 1 is 1.38 bits per heavy atom. The molecule has 0 aliphatic heterocycles. The summed E-state index contributed by atoms with van der Waals surface area (Å²) in [6.07, 6.45) is 2.49. The Kier molecular flexibility index (Phi) is 2.30. The Morgan fingerprint density at radius 3 is 2.69 bits per heavy atom. The van der Waals surface area contributed by atoms with Crippen molar-refractivity contribution in [3.63, 3.8) is 0 Å². The number of anilines is 1. The van der Waals surface area contributed by atoms with Crippen molar-refractivity contribution >= 4 is 21.6 Å². The fraction of sp³-hybridized carbons (Fsp3) is 0.400. The molecule has 13 heavy (non-hydrogen) atoms. The molecule has 0 aromatic heterocycles. The minimum absolute atomic E-state index is 0.123. The molecule has 0 heterocycles. The van der Waals surface area contributed by atoms with Crippen molar-refractivity contribution in [2.45, 2.75) is 18.9 Å². The van der Waals surface area contributed by atoms with Gasteiger partial charge in [0.15, 0.2) is 0 Å². The van der Waals surface area contributed by atoms with Crippen LogP contribution in [0.3, 0.4) is 0 Å². The van der Waals surface area contributed by atoms with Gasteiger partial charge in [-0.25, -0.2) is 0 Å². The zero-order valence-corrected chi connectivity index (χ0v) is 8.92. The second-order valence-electron chi connectivity index (χ2n) is 3.64. The number of halogens is 1. The van der Waals surface area contributed by atoms with Gasteiger partial charge >= 0.3 is 0 Å². The summed E-state index contributed by atoms with van der Waals surface area (Å²) in [7, 11) is 0. The summed E-state index contributed by atoms with van der Waals surface area (Å²) in [6, 6.07) is 6.00. The lowest BCUT2D eigenvalue weighted by Crippen LogP contribution is -2.14. The number of hydrogen-bond acceptors (Lipinski definition) is 2. The van der Waals surface area contributed by atoms with Crippen LogP contribution in [0.4, 0.5) is 5.69 Å². The molecule has 0 radical (unpaired) electrons. The molecule has 1 aliphatic carbocycles. The lowest BCUT2D eigenvalue weighted by molar-refractivity contribution is 0.635. The number of rotatable bonds is 2. The first-order chi connectivity index (χ1) is 6.18. The van der Waals surface area contributed by atoms with E-state index in [4.69, 9.17) is 11.5 Å². The van der Waals surface area contributed by atoms with Crippen LogP contribution in [-0.2, 0) is 0 Å². The van der Waals surface area contributed by atoms with E-state index < -0.39 is 0 Å². The molecule has 0 saturated heterocycles. The first-order valence-corrected chi connectivity index (χ1v) is 5.28. The molecule has 1 fully saturated rings.